The molecule has 0 radical (unpaired) electrons. The van der Waals surface area contributed by atoms with Gasteiger partial charge in [0.1, 0.15) is 0 Å². The molecule has 0 unspecified atom stereocenters. The van der Waals surface area contributed by atoms with Gasteiger partial charge in [0.05, 0.1) is 44.8 Å². The first-order valence-corrected chi connectivity index (χ1v) is 19.0. The van der Waals surface area contributed by atoms with Crippen molar-refractivity contribution in [2.75, 3.05) is 0 Å². The van der Waals surface area contributed by atoms with Crippen LogP contribution in [0.2, 0.25) is 0 Å². The maximum absolute atomic E-state index is 5.20. The molecule has 0 bridgehead atoms. The van der Waals surface area contributed by atoms with Crippen LogP contribution in [0, 0.1) is 0 Å². The monoisotopic (exact) mass is 714 g/mol. The molecule has 7 aromatic carbocycles. The number of fused-ring (bicyclic) bond motifs is 7. The lowest BCUT2D eigenvalue weighted by atomic mass is 10.0. The number of rotatable bonds is 6. The molecule has 262 valence electrons. The van der Waals surface area contributed by atoms with Crippen LogP contribution in [0.15, 0.2) is 206 Å². The molecule has 0 aliphatic carbocycles. The molecule has 4 heteroatoms. The van der Waals surface area contributed by atoms with Crippen LogP contribution in [0.3, 0.4) is 0 Å². The number of aromatic nitrogens is 4. The summed E-state index contributed by atoms with van der Waals surface area (Å²) >= 11 is 0. The van der Waals surface area contributed by atoms with Crippen molar-refractivity contribution in [2.24, 2.45) is 0 Å². The Kier molecular flexibility index (Phi) is 7.46. The van der Waals surface area contributed by atoms with Crippen molar-refractivity contribution in [3.05, 3.63) is 206 Å². The third kappa shape index (κ3) is 5.23. The van der Waals surface area contributed by atoms with E-state index in [1.807, 2.05) is 12.1 Å². The van der Waals surface area contributed by atoms with E-state index in [-0.39, 0.29) is 0 Å². The first-order chi connectivity index (χ1) is 27.8. The molecular weight excluding hydrogens is 681 g/mol. The van der Waals surface area contributed by atoms with Gasteiger partial charge < -0.3 is 9.13 Å². The summed E-state index contributed by atoms with van der Waals surface area (Å²) in [7, 11) is 0. The Morgan fingerprint density at radius 3 is 1.59 bits per heavy atom. The van der Waals surface area contributed by atoms with Crippen LogP contribution in [0.1, 0.15) is 0 Å². The maximum Gasteiger partial charge on any atom is 0.0900 e. The molecule has 0 spiro atoms. The number of nitrogens with zero attached hydrogens (tertiary/aromatic N) is 4. The SMILES string of the molecule is c1ccc(-c2cc(-c3ccccc3)nc(-c3cccc(-c4ccc(-n5c6ccccc6c6c5ccc5c7ccccc7n(-c7ccccc7)c56)cc4)n3)c2)cc1. The van der Waals surface area contributed by atoms with Crippen LogP contribution in [0.5, 0.6) is 0 Å². The van der Waals surface area contributed by atoms with Crippen LogP contribution >= 0.6 is 0 Å². The van der Waals surface area contributed by atoms with Crippen molar-refractivity contribution in [3.8, 4) is 56.4 Å². The van der Waals surface area contributed by atoms with Gasteiger partial charge in [0, 0.05) is 44.0 Å². The molecule has 4 aromatic heterocycles. The number of hydrogen-bond donors (Lipinski definition) is 0. The molecule has 0 saturated heterocycles. The molecule has 56 heavy (non-hydrogen) atoms. The van der Waals surface area contributed by atoms with E-state index in [0.29, 0.717) is 0 Å². The van der Waals surface area contributed by atoms with Gasteiger partial charge in [-0.1, -0.05) is 140 Å². The first kappa shape index (κ1) is 31.9. The summed E-state index contributed by atoms with van der Waals surface area (Å²) < 4.78 is 4.83. The van der Waals surface area contributed by atoms with Gasteiger partial charge in [-0.3, -0.25) is 0 Å². The fourth-order valence-electron chi connectivity index (χ4n) is 8.37. The molecule has 4 nitrogen and oxygen atoms in total. The second kappa shape index (κ2) is 13.1. The quantitative estimate of drug-likeness (QED) is 0.172. The van der Waals surface area contributed by atoms with Gasteiger partial charge in [0.15, 0.2) is 0 Å². The Balaban J connectivity index is 1.04. The highest BCUT2D eigenvalue weighted by Crippen LogP contribution is 2.42. The van der Waals surface area contributed by atoms with E-state index in [0.717, 1.165) is 56.4 Å². The van der Waals surface area contributed by atoms with Crippen molar-refractivity contribution < 1.29 is 0 Å². The second-order valence-corrected chi connectivity index (χ2v) is 14.2. The average molecular weight is 715 g/mol. The van der Waals surface area contributed by atoms with Crippen molar-refractivity contribution in [1.82, 2.24) is 19.1 Å². The Morgan fingerprint density at radius 1 is 0.286 bits per heavy atom. The summed E-state index contributed by atoms with van der Waals surface area (Å²) in [5.74, 6) is 0. The van der Waals surface area contributed by atoms with Crippen molar-refractivity contribution in [1.29, 1.82) is 0 Å². The second-order valence-electron chi connectivity index (χ2n) is 14.2. The van der Waals surface area contributed by atoms with Crippen LogP contribution in [-0.2, 0) is 0 Å². The average Bonchev–Trinajstić information content (AvgIpc) is 3.80. The van der Waals surface area contributed by atoms with Crippen LogP contribution in [-0.4, -0.2) is 19.1 Å². The van der Waals surface area contributed by atoms with E-state index in [9.17, 15) is 0 Å². The fraction of sp³-hybridized carbons (Fsp3) is 0. The molecular formula is C52H34N4. The van der Waals surface area contributed by atoms with Gasteiger partial charge in [-0.25, -0.2) is 9.97 Å². The largest absolute Gasteiger partial charge is 0.309 e. The summed E-state index contributed by atoms with van der Waals surface area (Å²) in [5.41, 5.74) is 14.9. The number of benzene rings is 7. The summed E-state index contributed by atoms with van der Waals surface area (Å²) in [6.07, 6.45) is 0. The summed E-state index contributed by atoms with van der Waals surface area (Å²) in [4.78, 5) is 10.3. The van der Waals surface area contributed by atoms with E-state index in [4.69, 9.17) is 9.97 Å². The summed E-state index contributed by atoms with van der Waals surface area (Å²) in [5, 5.41) is 4.98. The molecule has 11 aromatic rings. The zero-order valence-electron chi connectivity index (χ0n) is 30.4. The Morgan fingerprint density at radius 2 is 0.839 bits per heavy atom. The van der Waals surface area contributed by atoms with Crippen molar-refractivity contribution in [2.45, 2.75) is 0 Å². The lowest BCUT2D eigenvalue weighted by Gasteiger charge is -2.12. The summed E-state index contributed by atoms with van der Waals surface area (Å²) in [6, 6.07) is 73.0. The third-order valence-corrected chi connectivity index (χ3v) is 10.9. The topological polar surface area (TPSA) is 35.6 Å². The normalized spacial score (nSPS) is 11.6. The van der Waals surface area contributed by atoms with Crippen molar-refractivity contribution in [3.63, 3.8) is 0 Å². The van der Waals surface area contributed by atoms with Crippen LogP contribution < -0.4 is 0 Å². The van der Waals surface area contributed by atoms with Crippen LogP contribution in [0.25, 0.3) is 100 Å². The van der Waals surface area contributed by atoms with Gasteiger partial charge >= 0.3 is 0 Å². The van der Waals surface area contributed by atoms with Crippen LogP contribution in [0.4, 0.5) is 0 Å². The fourth-order valence-corrected chi connectivity index (χ4v) is 8.37. The predicted octanol–water partition coefficient (Wildman–Crippen LogP) is 13.3. The molecule has 0 atom stereocenters. The van der Waals surface area contributed by atoms with E-state index in [2.05, 4.69) is 203 Å². The van der Waals surface area contributed by atoms with Gasteiger partial charge in [-0.15, -0.1) is 0 Å². The highest BCUT2D eigenvalue weighted by atomic mass is 15.0. The molecule has 0 amide bonds. The molecule has 0 aliphatic heterocycles. The smallest absolute Gasteiger partial charge is 0.0900 e. The van der Waals surface area contributed by atoms with E-state index in [1.54, 1.807) is 0 Å². The Labute approximate surface area is 324 Å². The predicted molar refractivity (Wildman–Crippen MR) is 232 cm³/mol. The molecule has 0 saturated carbocycles. The van der Waals surface area contributed by atoms with E-state index in [1.165, 1.54) is 43.6 Å². The molecule has 0 fully saturated rings. The Hall–Kier alpha value is -7.56. The molecule has 4 heterocycles. The summed E-state index contributed by atoms with van der Waals surface area (Å²) in [6.45, 7) is 0. The number of para-hydroxylation sites is 3. The lowest BCUT2D eigenvalue weighted by Crippen LogP contribution is -1.96. The minimum Gasteiger partial charge on any atom is -0.309 e. The minimum absolute atomic E-state index is 0.835. The highest BCUT2D eigenvalue weighted by Gasteiger charge is 2.21. The third-order valence-electron chi connectivity index (χ3n) is 10.9. The van der Waals surface area contributed by atoms with Gasteiger partial charge in [0.2, 0.25) is 0 Å². The zero-order chi connectivity index (χ0) is 37.0. The van der Waals surface area contributed by atoms with E-state index >= 15 is 0 Å². The lowest BCUT2D eigenvalue weighted by molar-refractivity contribution is 1.17. The van der Waals surface area contributed by atoms with Gasteiger partial charge in [0.25, 0.3) is 0 Å². The molecule has 0 aliphatic rings. The molecule has 0 N–H and O–H groups in total. The maximum atomic E-state index is 5.20. The number of hydrogen-bond acceptors (Lipinski definition) is 2. The highest BCUT2D eigenvalue weighted by molar-refractivity contribution is 6.26. The molecule has 11 rings (SSSR count). The minimum atomic E-state index is 0.835. The first-order valence-electron chi connectivity index (χ1n) is 19.0. The van der Waals surface area contributed by atoms with Gasteiger partial charge in [-0.2, -0.15) is 0 Å². The standard InChI is InChI=1S/C52H34N4/c1-4-15-35(16-5-1)38-33-46(36-17-6-2-7-18-36)54-47(34-38)45-24-14-23-44(53-45)37-27-29-40(30-28-37)55-49-26-13-11-22-43(49)51-50(55)32-31-42-41-21-10-12-25-48(41)56(52(42)51)39-19-8-3-9-20-39/h1-34H. The van der Waals surface area contributed by atoms with Gasteiger partial charge in [-0.05, 0) is 77.9 Å². The zero-order valence-corrected chi connectivity index (χ0v) is 30.4. The van der Waals surface area contributed by atoms with Crippen molar-refractivity contribution >= 4 is 43.6 Å². The Bertz CT molecular complexity index is 3160. The van der Waals surface area contributed by atoms with E-state index < -0.39 is 0 Å². The number of pyridine rings is 2.